The molecule has 150 valence electrons. The third-order valence-electron chi connectivity index (χ3n) is 5.09. The van der Waals surface area contributed by atoms with Crippen molar-refractivity contribution in [2.75, 3.05) is 13.2 Å². The Morgan fingerprint density at radius 1 is 1.14 bits per heavy atom. The number of benzene rings is 1. The lowest BCUT2D eigenvalue weighted by Gasteiger charge is -2.25. The molecule has 2 aromatic rings. The Labute approximate surface area is 164 Å². The molecule has 1 aromatic carbocycles. The van der Waals surface area contributed by atoms with E-state index in [0.717, 1.165) is 11.1 Å². The van der Waals surface area contributed by atoms with Crippen LogP contribution in [0.5, 0.6) is 0 Å². The second-order valence-corrected chi connectivity index (χ2v) is 7.95. The number of carboxylic acid groups (broad SMARTS) is 1. The summed E-state index contributed by atoms with van der Waals surface area (Å²) in [6.07, 6.45) is 2.18. The van der Waals surface area contributed by atoms with Crippen LogP contribution in [0.25, 0.3) is 0 Å². The quantitative estimate of drug-likeness (QED) is 0.691. The molecule has 1 aromatic heterocycles. The summed E-state index contributed by atoms with van der Waals surface area (Å²) in [6, 6.07) is 10.7. The summed E-state index contributed by atoms with van der Waals surface area (Å²) in [7, 11) is 0. The first-order chi connectivity index (χ1) is 13.4. The number of nitrogens with one attached hydrogen (secondary N) is 1. The van der Waals surface area contributed by atoms with Gasteiger partial charge in [-0.05, 0) is 42.0 Å². The van der Waals surface area contributed by atoms with Gasteiger partial charge in [0.05, 0.1) is 18.3 Å². The van der Waals surface area contributed by atoms with Crippen molar-refractivity contribution in [3.05, 3.63) is 59.5 Å². The van der Waals surface area contributed by atoms with Gasteiger partial charge in [0.2, 0.25) is 5.91 Å². The highest BCUT2D eigenvalue weighted by Gasteiger charge is 2.45. The van der Waals surface area contributed by atoms with Crippen molar-refractivity contribution in [2.45, 2.75) is 39.2 Å². The Balaban J connectivity index is 1.68. The molecule has 0 unspecified atom stereocenters. The van der Waals surface area contributed by atoms with Crippen LogP contribution >= 0.6 is 0 Å². The molecule has 6 nitrogen and oxygen atoms in total. The topological polar surface area (TPSA) is 88.8 Å². The van der Waals surface area contributed by atoms with Crippen LogP contribution in [0, 0.1) is 11.3 Å². The minimum Gasteiger partial charge on any atom is -0.481 e. The first-order valence-corrected chi connectivity index (χ1v) is 9.60. The summed E-state index contributed by atoms with van der Waals surface area (Å²) in [5.74, 6) is -0.286. The lowest BCUT2D eigenvalue weighted by atomic mass is 9.81. The normalized spacial score (nSPS) is 16.0. The molecule has 0 saturated heterocycles. The van der Waals surface area contributed by atoms with E-state index in [1.54, 1.807) is 18.4 Å². The van der Waals surface area contributed by atoms with Crippen LogP contribution in [0.2, 0.25) is 0 Å². The van der Waals surface area contributed by atoms with Gasteiger partial charge in [-0.25, -0.2) is 0 Å². The largest absolute Gasteiger partial charge is 0.481 e. The lowest BCUT2D eigenvalue weighted by Crippen LogP contribution is -2.40. The Kier molecular flexibility index (Phi) is 6.19. The van der Waals surface area contributed by atoms with E-state index in [1.165, 1.54) is 0 Å². The second-order valence-electron chi connectivity index (χ2n) is 7.95. The zero-order valence-corrected chi connectivity index (χ0v) is 16.3. The first-order valence-electron chi connectivity index (χ1n) is 9.60. The lowest BCUT2D eigenvalue weighted by molar-refractivity contribution is -0.151. The molecule has 0 aliphatic heterocycles. The number of furan rings is 1. The van der Waals surface area contributed by atoms with Gasteiger partial charge in [0, 0.05) is 13.0 Å². The van der Waals surface area contributed by atoms with E-state index in [0.29, 0.717) is 31.1 Å². The molecule has 1 heterocycles. The number of ether oxygens (including phenoxy) is 1. The fraction of sp³-hybridized carbons (Fsp3) is 0.455. The van der Waals surface area contributed by atoms with Crippen molar-refractivity contribution in [3.8, 4) is 0 Å². The molecular formula is C22H27NO5. The Bertz CT molecular complexity index is 787. The molecule has 0 fully saturated rings. The Hall–Kier alpha value is -2.60. The van der Waals surface area contributed by atoms with Crippen LogP contribution in [0.4, 0.5) is 0 Å². The van der Waals surface area contributed by atoms with Crippen molar-refractivity contribution in [1.82, 2.24) is 5.32 Å². The van der Waals surface area contributed by atoms with E-state index in [-0.39, 0.29) is 18.9 Å². The molecule has 6 heteroatoms. The van der Waals surface area contributed by atoms with Crippen molar-refractivity contribution in [3.63, 3.8) is 0 Å². The number of fused-ring (bicyclic) bond motifs is 1. The van der Waals surface area contributed by atoms with Crippen molar-refractivity contribution >= 4 is 11.9 Å². The summed E-state index contributed by atoms with van der Waals surface area (Å²) in [6.45, 7) is 4.95. The molecule has 1 amide bonds. The maximum Gasteiger partial charge on any atom is 0.310 e. The number of amides is 1. The number of carboxylic acids is 1. The summed E-state index contributed by atoms with van der Waals surface area (Å²) in [5.41, 5.74) is 0.890. The Morgan fingerprint density at radius 2 is 1.82 bits per heavy atom. The summed E-state index contributed by atoms with van der Waals surface area (Å²) < 4.78 is 11.1. The van der Waals surface area contributed by atoms with E-state index in [2.05, 4.69) is 19.2 Å². The van der Waals surface area contributed by atoms with Crippen molar-refractivity contribution < 1.29 is 23.8 Å². The van der Waals surface area contributed by atoms with Crippen molar-refractivity contribution in [2.24, 2.45) is 11.3 Å². The number of hydrogen-bond donors (Lipinski definition) is 2. The fourth-order valence-corrected chi connectivity index (χ4v) is 3.70. The fourth-order valence-electron chi connectivity index (χ4n) is 3.70. The first kappa shape index (κ1) is 20.1. The second kappa shape index (κ2) is 8.61. The highest BCUT2D eigenvalue weighted by Crippen LogP contribution is 2.40. The zero-order chi connectivity index (χ0) is 20.1. The number of carbonyl (C=O) groups is 2. The third kappa shape index (κ3) is 4.62. The molecular weight excluding hydrogens is 358 g/mol. The molecule has 0 bridgehead atoms. The van der Waals surface area contributed by atoms with Gasteiger partial charge in [-0.2, -0.15) is 0 Å². The smallest absolute Gasteiger partial charge is 0.310 e. The van der Waals surface area contributed by atoms with Gasteiger partial charge in [-0.1, -0.05) is 38.1 Å². The minimum absolute atomic E-state index is 0.0849. The molecule has 28 heavy (non-hydrogen) atoms. The van der Waals surface area contributed by atoms with Crippen molar-refractivity contribution in [1.29, 1.82) is 0 Å². The van der Waals surface area contributed by atoms with Gasteiger partial charge in [0.15, 0.2) is 0 Å². The molecule has 1 aliphatic rings. The number of aliphatic carboxylic acids is 1. The average Bonchev–Trinajstić information content (AvgIpc) is 3.28. The third-order valence-corrected chi connectivity index (χ3v) is 5.09. The highest BCUT2D eigenvalue weighted by molar-refractivity contribution is 5.86. The summed E-state index contributed by atoms with van der Waals surface area (Å²) in [4.78, 5) is 24.9. The molecule has 0 saturated carbocycles. The van der Waals surface area contributed by atoms with E-state index < -0.39 is 17.4 Å². The van der Waals surface area contributed by atoms with E-state index in [4.69, 9.17) is 9.15 Å². The van der Waals surface area contributed by atoms with Gasteiger partial charge in [-0.15, -0.1) is 0 Å². The van der Waals surface area contributed by atoms with Crippen LogP contribution in [0.3, 0.4) is 0 Å². The predicted octanol–water partition coefficient (Wildman–Crippen LogP) is 3.37. The summed E-state index contributed by atoms with van der Waals surface area (Å²) >= 11 is 0. The SMILES string of the molecule is CC(C)COC[C@@H](NC(=O)CC1(C(=O)O)Cc2ccccc2C1)c1ccco1. The molecule has 3 rings (SSSR count). The minimum atomic E-state index is -1.11. The van der Waals surface area contributed by atoms with Gasteiger partial charge >= 0.3 is 5.97 Å². The monoisotopic (exact) mass is 385 g/mol. The van der Waals surface area contributed by atoms with Crippen LogP contribution in [0.1, 0.15) is 43.2 Å². The molecule has 2 N–H and O–H groups in total. The van der Waals surface area contributed by atoms with E-state index in [9.17, 15) is 14.7 Å². The van der Waals surface area contributed by atoms with Crippen LogP contribution in [-0.4, -0.2) is 30.2 Å². The average molecular weight is 385 g/mol. The van der Waals surface area contributed by atoms with E-state index >= 15 is 0 Å². The molecule has 0 radical (unpaired) electrons. The molecule has 0 spiro atoms. The zero-order valence-electron chi connectivity index (χ0n) is 16.3. The maximum absolute atomic E-state index is 12.8. The van der Waals surface area contributed by atoms with Gasteiger partial charge in [0.25, 0.3) is 0 Å². The summed E-state index contributed by atoms with van der Waals surface area (Å²) in [5, 5.41) is 12.8. The van der Waals surface area contributed by atoms with Gasteiger partial charge in [0.1, 0.15) is 11.8 Å². The van der Waals surface area contributed by atoms with Crippen LogP contribution in [0.15, 0.2) is 47.1 Å². The van der Waals surface area contributed by atoms with Gasteiger partial charge < -0.3 is 19.6 Å². The van der Waals surface area contributed by atoms with Crippen LogP contribution < -0.4 is 5.32 Å². The van der Waals surface area contributed by atoms with Gasteiger partial charge in [-0.3, -0.25) is 9.59 Å². The molecule has 1 atom stereocenters. The number of carbonyl (C=O) groups excluding carboxylic acids is 1. The van der Waals surface area contributed by atoms with E-state index in [1.807, 2.05) is 24.3 Å². The predicted molar refractivity (Wildman–Crippen MR) is 104 cm³/mol. The Morgan fingerprint density at radius 3 is 2.36 bits per heavy atom. The van der Waals surface area contributed by atoms with Crippen LogP contribution in [-0.2, 0) is 27.2 Å². The number of rotatable bonds is 9. The molecule has 1 aliphatic carbocycles. The maximum atomic E-state index is 12.8. The standard InChI is InChI=1S/C22H27NO5/c1-15(2)13-27-14-18(19-8-5-9-28-19)23-20(24)12-22(21(25)26)10-16-6-3-4-7-17(16)11-22/h3-9,15,18H,10-14H2,1-2H3,(H,23,24)(H,25,26)/t18-/m1/s1. The highest BCUT2D eigenvalue weighted by atomic mass is 16.5. The number of hydrogen-bond acceptors (Lipinski definition) is 4.